The standard InChI is InChI=1S/C16H20N2O4/c1-10-12(11(2)22-18-10)8-9-17-16(19)15-13(20-3)6-5-7-14(15)21-4/h5-7H,8-9H2,1-4H3,(H,17,19). The number of aromatic nitrogens is 1. The number of amides is 1. The number of rotatable bonds is 6. The summed E-state index contributed by atoms with van der Waals surface area (Å²) in [6, 6.07) is 5.23. The molecular weight excluding hydrogens is 284 g/mol. The molecule has 0 saturated carbocycles. The zero-order valence-electron chi connectivity index (χ0n) is 13.2. The number of aryl methyl sites for hydroxylation is 2. The van der Waals surface area contributed by atoms with Gasteiger partial charge in [-0.1, -0.05) is 11.2 Å². The molecule has 0 aliphatic heterocycles. The summed E-state index contributed by atoms with van der Waals surface area (Å²) in [4.78, 5) is 12.4. The molecule has 0 bridgehead atoms. The van der Waals surface area contributed by atoms with E-state index in [1.54, 1.807) is 18.2 Å². The van der Waals surface area contributed by atoms with Crippen molar-refractivity contribution in [2.75, 3.05) is 20.8 Å². The van der Waals surface area contributed by atoms with Gasteiger partial charge in [-0.15, -0.1) is 0 Å². The van der Waals surface area contributed by atoms with Crippen molar-refractivity contribution in [3.8, 4) is 11.5 Å². The molecule has 0 spiro atoms. The number of ether oxygens (including phenoxy) is 2. The van der Waals surface area contributed by atoms with Gasteiger partial charge in [0.1, 0.15) is 22.8 Å². The van der Waals surface area contributed by atoms with E-state index in [9.17, 15) is 4.79 Å². The molecule has 1 amide bonds. The van der Waals surface area contributed by atoms with Crippen LogP contribution in [0, 0.1) is 13.8 Å². The lowest BCUT2D eigenvalue weighted by Crippen LogP contribution is -2.26. The summed E-state index contributed by atoms with van der Waals surface area (Å²) in [5, 5.41) is 6.77. The highest BCUT2D eigenvalue weighted by Crippen LogP contribution is 2.27. The number of hydrogen-bond acceptors (Lipinski definition) is 5. The minimum absolute atomic E-state index is 0.235. The Balaban J connectivity index is 2.07. The SMILES string of the molecule is COc1cccc(OC)c1C(=O)NCCc1c(C)noc1C. The van der Waals surface area contributed by atoms with Gasteiger partial charge in [-0.2, -0.15) is 0 Å². The molecule has 118 valence electrons. The van der Waals surface area contributed by atoms with Gasteiger partial charge < -0.3 is 19.3 Å². The molecule has 2 aromatic rings. The van der Waals surface area contributed by atoms with E-state index < -0.39 is 0 Å². The molecule has 1 aromatic carbocycles. The number of carbonyl (C=O) groups excluding carboxylic acids is 1. The van der Waals surface area contributed by atoms with E-state index in [1.165, 1.54) is 14.2 Å². The summed E-state index contributed by atoms with van der Waals surface area (Å²) < 4.78 is 15.6. The molecule has 0 atom stereocenters. The maximum Gasteiger partial charge on any atom is 0.258 e. The molecule has 1 aromatic heterocycles. The average molecular weight is 304 g/mol. The summed E-state index contributed by atoms with van der Waals surface area (Å²) in [5.41, 5.74) is 2.26. The Kier molecular flexibility index (Phi) is 5.04. The van der Waals surface area contributed by atoms with E-state index >= 15 is 0 Å². The van der Waals surface area contributed by atoms with Gasteiger partial charge in [0.2, 0.25) is 0 Å². The highest BCUT2D eigenvalue weighted by atomic mass is 16.5. The van der Waals surface area contributed by atoms with E-state index in [1.807, 2.05) is 13.8 Å². The van der Waals surface area contributed by atoms with Crippen LogP contribution in [0.25, 0.3) is 0 Å². The zero-order valence-corrected chi connectivity index (χ0v) is 13.2. The first kappa shape index (κ1) is 15.9. The maximum atomic E-state index is 12.4. The zero-order chi connectivity index (χ0) is 16.1. The summed E-state index contributed by atoms with van der Waals surface area (Å²) >= 11 is 0. The first-order valence-electron chi connectivity index (χ1n) is 6.99. The number of methoxy groups -OCH3 is 2. The number of benzene rings is 1. The van der Waals surface area contributed by atoms with Crippen molar-refractivity contribution >= 4 is 5.91 Å². The molecule has 0 radical (unpaired) electrons. The smallest absolute Gasteiger partial charge is 0.258 e. The van der Waals surface area contributed by atoms with Crippen LogP contribution in [0.4, 0.5) is 0 Å². The predicted molar refractivity (Wildman–Crippen MR) is 81.6 cm³/mol. The third kappa shape index (κ3) is 3.21. The fourth-order valence-electron chi connectivity index (χ4n) is 2.32. The molecule has 0 unspecified atom stereocenters. The van der Waals surface area contributed by atoms with Crippen LogP contribution < -0.4 is 14.8 Å². The van der Waals surface area contributed by atoms with Crippen LogP contribution in [0.15, 0.2) is 22.7 Å². The minimum atomic E-state index is -0.235. The Morgan fingerprint density at radius 3 is 2.36 bits per heavy atom. The van der Waals surface area contributed by atoms with Crippen molar-refractivity contribution in [2.45, 2.75) is 20.3 Å². The van der Waals surface area contributed by atoms with Gasteiger partial charge >= 0.3 is 0 Å². The molecule has 0 aliphatic carbocycles. The summed E-state index contributed by atoms with van der Waals surface area (Å²) in [6.45, 7) is 4.22. The van der Waals surface area contributed by atoms with Gasteiger partial charge in [0.15, 0.2) is 0 Å². The lowest BCUT2D eigenvalue weighted by Gasteiger charge is -2.12. The molecular formula is C16H20N2O4. The van der Waals surface area contributed by atoms with Crippen LogP contribution in [0.3, 0.4) is 0 Å². The van der Waals surface area contributed by atoms with Crippen LogP contribution in [0.1, 0.15) is 27.4 Å². The van der Waals surface area contributed by atoms with Crippen molar-refractivity contribution in [1.29, 1.82) is 0 Å². The largest absolute Gasteiger partial charge is 0.496 e. The second kappa shape index (κ2) is 6.98. The molecule has 1 N–H and O–H groups in total. The Hall–Kier alpha value is -2.50. The molecule has 0 aliphatic rings. The number of nitrogens with one attached hydrogen (secondary N) is 1. The summed E-state index contributed by atoms with van der Waals surface area (Å²) in [6.07, 6.45) is 0.657. The molecule has 1 heterocycles. The van der Waals surface area contributed by atoms with E-state index in [0.717, 1.165) is 17.0 Å². The Labute approximate surface area is 129 Å². The molecule has 6 nitrogen and oxygen atoms in total. The highest BCUT2D eigenvalue weighted by molar-refractivity contribution is 5.99. The van der Waals surface area contributed by atoms with Crippen molar-refractivity contribution < 1.29 is 18.8 Å². The van der Waals surface area contributed by atoms with Crippen molar-refractivity contribution in [1.82, 2.24) is 10.5 Å². The van der Waals surface area contributed by atoms with Crippen LogP contribution >= 0.6 is 0 Å². The predicted octanol–water partition coefficient (Wildman–Crippen LogP) is 2.28. The van der Waals surface area contributed by atoms with Gasteiger partial charge in [-0.3, -0.25) is 4.79 Å². The van der Waals surface area contributed by atoms with Gasteiger partial charge in [-0.05, 0) is 32.4 Å². The van der Waals surface area contributed by atoms with Crippen LogP contribution in [-0.2, 0) is 6.42 Å². The Morgan fingerprint density at radius 1 is 1.23 bits per heavy atom. The van der Waals surface area contributed by atoms with Crippen LogP contribution in [-0.4, -0.2) is 31.8 Å². The van der Waals surface area contributed by atoms with E-state index in [-0.39, 0.29) is 5.91 Å². The molecule has 2 rings (SSSR count). The van der Waals surface area contributed by atoms with Gasteiger partial charge in [0, 0.05) is 12.1 Å². The lowest BCUT2D eigenvalue weighted by atomic mass is 10.1. The Bertz CT molecular complexity index is 622. The van der Waals surface area contributed by atoms with E-state index in [0.29, 0.717) is 30.0 Å². The van der Waals surface area contributed by atoms with Crippen molar-refractivity contribution in [3.63, 3.8) is 0 Å². The average Bonchev–Trinajstić information content (AvgIpc) is 2.85. The maximum absolute atomic E-state index is 12.4. The monoisotopic (exact) mass is 304 g/mol. The topological polar surface area (TPSA) is 73.6 Å². The van der Waals surface area contributed by atoms with Crippen LogP contribution in [0.2, 0.25) is 0 Å². The van der Waals surface area contributed by atoms with E-state index in [2.05, 4.69) is 10.5 Å². The minimum Gasteiger partial charge on any atom is -0.496 e. The first-order valence-corrected chi connectivity index (χ1v) is 6.99. The number of hydrogen-bond donors (Lipinski definition) is 1. The van der Waals surface area contributed by atoms with Gasteiger partial charge in [0.25, 0.3) is 5.91 Å². The lowest BCUT2D eigenvalue weighted by molar-refractivity contribution is 0.0948. The second-order valence-corrected chi connectivity index (χ2v) is 4.85. The van der Waals surface area contributed by atoms with Crippen LogP contribution in [0.5, 0.6) is 11.5 Å². The van der Waals surface area contributed by atoms with Gasteiger partial charge in [0.05, 0.1) is 19.9 Å². The van der Waals surface area contributed by atoms with Crippen molar-refractivity contribution in [2.24, 2.45) is 0 Å². The summed E-state index contributed by atoms with van der Waals surface area (Å²) in [5.74, 6) is 1.51. The third-order valence-corrected chi connectivity index (χ3v) is 3.50. The normalized spacial score (nSPS) is 10.4. The van der Waals surface area contributed by atoms with E-state index in [4.69, 9.17) is 14.0 Å². The second-order valence-electron chi connectivity index (χ2n) is 4.85. The molecule has 22 heavy (non-hydrogen) atoms. The summed E-state index contributed by atoms with van der Waals surface area (Å²) in [7, 11) is 3.05. The number of carbonyl (C=O) groups is 1. The Morgan fingerprint density at radius 2 is 1.86 bits per heavy atom. The quantitative estimate of drug-likeness (QED) is 0.886. The first-order chi connectivity index (χ1) is 10.6. The number of nitrogens with zero attached hydrogens (tertiary/aromatic N) is 1. The highest BCUT2D eigenvalue weighted by Gasteiger charge is 2.18. The van der Waals surface area contributed by atoms with Crippen molar-refractivity contribution in [3.05, 3.63) is 40.8 Å². The van der Waals surface area contributed by atoms with Gasteiger partial charge in [-0.25, -0.2) is 0 Å². The third-order valence-electron chi connectivity index (χ3n) is 3.50. The molecule has 6 heteroatoms. The molecule has 0 saturated heterocycles. The fraction of sp³-hybridized carbons (Fsp3) is 0.375. The molecule has 0 fully saturated rings. The fourth-order valence-corrected chi connectivity index (χ4v) is 2.32.